The fourth-order valence-corrected chi connectivity index (χ4v) is 2.70. The van der Waals surface area contributed by atoms with Crippen LogP contribution in [0.1, 0.15) is 12.5 Å². The number of rotatable bonds is 5. The SMILES string of the molecule is CCN(c1cccc(F)c1)c1ccc(CNC)c(Br)c1. The molecule has 0 radical (unpaired) electrons. The van der Waals surface area contributed by atoms with Gasteiger partial charge in [-0.2, -0.15) is 0 Å². The average molecular weight is 337 g/mol. The highest BCUT2D eigenvalue weighted by molar-refractivity contribution is 9.10. The Bertz CT molecular complexity index is 586. The number of hydrogen-bond acceptors (Lipinski definition) is 2. The van der Waals surface area contributed by atoms with E-state index >= 15 is 0 Å². The highest BCUT2D eigenvalue weighted by atomic mass is 79.9. The van der Waals surface area contributed by atoms with Crippen LogP contribution in [-0.4, -0.2) is 13.6 Å². The molecule has 0 atom stereocenters. The molecule has 2 aromatic rings. The molecule has 2 rings (SSSR count). The van der Waals surface area contributed by atoms with Crippen LogP contribution in [0.2, 0.25) is 0 Å². The van der Waals surface area contributed by atoms with Crippen molar-refractivity contribution < 1.29 is 4.39 Å². The fourth-order valence-electron chi connectivity index (χ4n) is 2.20. The predicted molar refractivity (Wildman–Crippen MR) is 86.0 cm³/mol. The highest BCUT2D eigenvalue weighted by Gasteiger charge is 2.10. The first kappa shape index (κ1) is 15.0. The van der Waals surface area contributed by atoms with Crippen LogP contribution in [0.4, 0.5) is 15.8 Å². The molecular weight excluding hydrogens is 319 g/mol. The second-order valence-corrected chi connectivity index (χ2v) is 5.38. The van der Waals surface area contributed by atoms with Gasteiger partial charge in [0.05, 0.1) is 0 Å². The summed E-state index contributed by atoms with van der Waals surface area (Å²) in [5, 5.41) is 3.13. The first-order chi connectivity index (χ1) is 9.65. The minimum absolute atomic E-state index is 0.216. The Kier molecular flexibility index (Phi) is 5.15. The van der Waals surface area contributed by atoms with Gasteiger partial charge in [-0.05, 0) is 49.9 Å². The molecular formula is C16H18BrFN2. The molecule has 2 aromatic carbocycles. The van der Waals surface area contributed by atoms with Gasteiger partial charge in [0.25, 0.3) is 0 Å². The summed E-state index contributed by atoms with van der Waals surface area (Å²) >= 11 is 3.59. The lowest BCUT2D eigenvalue weighted by Crippen LogP contribution is -2.16. The average Bonchev–Trinajstić information content (AvgIpc) is 2.43. The van der Waals surface area contributed by atoms with Gasteiger partial charge in [0, 0.05) is 28.9 Å². The van der Waals surface area contributed by atoms with Crippen LogP contribution in [0.15, 0.2) is 46.9 Å². The molecule has 0 amide bonds. The summed E-state index contributed by atoms with van der Waals surface area (Å²) in [6, 6.07) is 12.9. The van der Waals surface area contributed by atoms with Crippen molar-refractivity contribution in [2.45, 2.75) is 13.5 Å². The molecule has 0 unspecified atom stereocenters. The van der Waals surface area contributed by atoms with Gasteiger partial charge >= 0.3 is 0 Å². The van der Waals surface area contributed by atoms with Gasteiger partial charge in [0.2, 0.25) is 0 Å². The fraction of sp³-hybridized carbons (Fsp3) is 0.250. The lowest BCUT2D eigenvalue weighted by atomic mass is 10.1. The maximum atomic E-state index is 13.4. The molecule has 0 heterocycles. The molecule has 4 heteroatoms. The summed E-state index contributed by atoms with van der Waals surface area (Å²) in [5.74, 6) is -0.216. The second kappa shape index (κ2) is 6.86. The van der Waals surface area contributed by atoms with Crippen LogP contribution in [0.3, 0.4) is 0 Å². The van der Waals surface area contributed by atoms with Gasteiger partial charge < -0.3 is 10.2 Å². The molecule has 0 aliphatic carbocycles. The van der Waals surface area contributed by atoms with Crippen LogP contribution in [0.25, 0.3) is 0 Å². The van der Waals surface area contributed by atoms with Crippen molar-refractivity contribution in [2.24, 2.45) is 0 Å². The van der Waals surface area contributed by atoms with E-state index in [0.717, 1.165) is 28.9 Å². The molecule has 0 aliphatic rings. The largest absolute Gasteiger partial charge is 0.342 e. The molecule has 1 N–H and O–H groups in total. The standard InChI is InChI=1S/C16H18BrFN2/c1-3-20(14-6-4-5-13(18)9-14)15-8-7-12(11-19-2)16(17)10-15/h4-10,19H,3,11H2,1-2H3. The van der Waals surface area contributed by atoms with Gasteiger partial charge in [-0.3, -0.25) is 0 Å². The topological polar surface area (TPSA) is 15.3 Å². The van der Waals surface area contributed by atoms with Crippen LogP contribution < -0.4 is 10.2 Å². The zero-order valence-corrected chi connectivity index (χ0v) is 13.2. The zero-order valence-electron chi connectivity index (χ0n) is 11.7. The summed E-state index contributed by atoms with van der Waals surface area (Å²) in [5.41, 5.74) is 3.11. The first-order valence-electron chi connectivity index (χ1n) is 6.62. The smallest absolute Gasteiger partial charge is 0.125 e. The number of benzene rings is 2. The van der Waals surface area contributed by atoms with Gasteiger partial charge in [-0.1, -0.05) is 28.1 Å². The molecule has 0 aromatic heterocycles. The van der Waals surface area contributed by atoms with Gasteiger partial charge in [-0.25, -0.2) is 4.39 Å². The van der Waals surface area contributed by atoms with Gasteiger partial charge in [-0.15, -0.1) is 0 Å². The Hall–Kier alpha value is -1.39. The van der Waals surface area contributed by atoms with Crippen LogP contribution in [0.5, 0.6) is 0 Å². The predicted octanol–water partition coefficient (Wildman–Crippen LogP) is 4.47. The van der Waals surface area contributed by atoms with E-state index in [1.807, 2.05) is 13.1 Å². The van der Waals surface area contributed by atoms with Crippen molar-refractivity contribution in [2.75, 3.05) is 18.5 Å². The van der Waals surface area contributed by atoms with E-state index in [0.29, 0.717) is 0 Å². The Morgan fingerprint density at radius 3 is 2.50 bits per heavy atom. The van der Waals surface area contributed by atoms with Crippen molar-refractivity contribution in [3.05, 3.63) is 58.3 Å². The van der Waals surface area contributed by atoms with Gasteiger partial charge in [0.15, 0.2) is 0 Å². The molecule has 106 valence electrons. The van der Waals surface area contributed by atoms with E-state index in [4.69, 9.17) is 0 Å². The number of hydrogen-bond donors (Lipinski definition) is 1. The van der Waals surface area contributed by atoms with Gasteiger partial charge in [0.1, 0.15) is 5.82 Å². The zero-order chi connectivity index (χ0) is 14.5. The summed E-state index contributed by atoms with van der Waals surface area (Å²) in [4.78, 5) is 2.08. The number of nitrogens with one attached hydrogen (secondary N) is 1. The van der Waals surface area contributed by atoms with E-state index in [-0.39, 0.29) is 5.82 Å². The first-order valence-corrected chi connectivity index (χ1v) is 7.41. The molecule has 0 aliphatic heterocycles. The number of nitrogens with zero attached hydrogens (tertiary/aromatic N) is 1. The molecule has 0 saturated carbocycles. The molecule has 20 heavy (non-hydrogen) atoms. The van der Waals surface area contributed by atoms with Crippen molar-refractivity contribution in [1.82, 2.24) is 5.32 Å². The quantitative estimate of drug-likeness (QED) is 0.866. The molecule has 0 fully saturated rings. The van der Waals surface area contributed by atoms with E-state index in [1.165, 1.54) is 11.6 Å². The molecule has 0 bridgehead atoms. The van der Waals surface area contributed by atoms with Crippen molar-refractivity contribution in [3.63, 3.8) is 0 Å². The summed E-state index contributed by atoms with van der Waals surface area (Å²) in [6.07, 6.45) is 0. The Labute approximate surface area is 127 Å². The van der Waals surface area contributed by atoms with Crippen LogP contribution in [0, 0.1) is 5.82 Å². The number of anilines is 2. The lowest BCUT2D eigenvalue weighted by Gasteiger charge is -2.24. The maximum absolute atomic E-state index is 13.4. The Morgan fingerprint density at radius 2 is 1.90 bits per heavy atom. The summed E-state index contributed by atoms with van der Waals surface area (Å²) in [7, 11) is 1.92. The molecule has 0 spiro atoms. The van der Waals surface area contributed by atoms with Crippen molar-refractivity contribution in [3.8, 4) is 0 Å². The van der Waals surface area contributed by atoms with Crippen molar-refractivity contribution >= 4 is 27.3 Å². The second-order valence-electron chi connectivity index (χ2n) is 4.53. The van der Waals surface area contributed by atoms with E-state index in [9.17, 15) is 4.39 Å². The Balaban J connectivity index is 2.35. The highest BCUT2D eigenvalue weighted by Crippen LogP contribution is 2.29. The molecule has 2 nitrogen and oxygen atoms in total. The van der Waals surface area contributed by atoms with Crippen molar-refractivity contribution in [1.29, 1.82) is 0 Å². The third kappa shape index (κ3) is 3.38. The summed E-state index contributed by atoms with van der Waals surface area (Å²) < 4.78 is 14.4. The normalized spacial score (nSPS) is 10.6. The number of halogens is 2. The maximum Gasteiger partial charge on any atom is 0.125 e. The third-order valence-electron chi connectivity index (χ3n) is 3.15. The minimum atomic E-state index is -0.216. The van der Waals surface area contributed by atoms with Crippen LogP contribution >= 0.6 is 15.9 Å². The summed E-state index contributed by atoms with van der Waals surface area (Å²) in [6.45, 7) is 3.65. The van der Waals surface area contributed by atoms with E-state index in [2.05, 4.69) is 51.3 Å². The molecule has 0 saturated heterocycles. The Morgan fingerprint density at radius 1 is 1.15 bits per heavy atom. The van der Waals surface area contributed by atoms with Crippen LogP contribution in [-0.2, 0) is 6.54 Å². The minimum Gasteiger partial charge on any atom is -0.342 e. The third-order valence-corrected chi connectivity index (χ3v) is 3.89. The lowest BCUT2D eigenvalue weighted by molar-refractivity contribution is 0.627. The monoisotopic (exact) mass is 336 g/mol. The van der Waals surface area contributed by atoms with E-state index < -0.39 is 0 Å². The van der Waals surface area contributed by atoms with E-state index in [1.54, 1.807) is 12.1 Å².